The van der Waals surface area contributed by atoms with E-state index in [9.17, 15) is 4.79 Å². The summed E-state index contributed by atoms with van der Waals surface area (Å²) < 4.78 is 0. The minimum absolute atomic E-state index is 0.305. The zero-order valence-electron chi connectivity index (χ0n) is 7.91. The van der Waals surface area contributed by atoms with Crippen LogP contribution < -0.4 is 5.69 Å². The van der Waals surface area contributed by atoms with Gasteiger partial charge in [-0.2, -0.15) is 5.10 Å². The van der Waals surface area contributed by atoms with E-state index >= 15 is 0 Å². The van der Waals surface area contributed by atoms with Crippen molar-refractivity contribution >= 4 is 22.8 Å². The molecule has 0 saturated carbocycles. The molecule has 80 valence electrons. The maximum Gasteiger partial charge on any atom is 0.325 e. The fourth-order valence-electron chi connectivity index (χ4n) is 1.52. The van der Waals surface area contributed by atoms with Gasteiger partial charge in [-0.3, -0.25) is 10.1 Å². The van der Waals surface area contributed by atoms with Gasteiger partial charge in [-0.05, 0) is 12.1 Å². The van der Waals surface area contributed by atoms with Crippen molar-refractivity contribution < 1.29 is 0 Å². The number of halogens is 1. The lowest BCUT2D eigenvalue weighted by molar-refractivity contribution is 1.09. The van der Waals surface area contributed by atoms with E-state index in [1.165, 1.54) is 0 Å². The van der Waals surface area contributed by atoms with E-state index < -0.39 is 0 Å². The Hall–Kier alpha value is -2.08. The van der Waals surface area contributed by atoms with Crippen molar-refractivity contribution in [3.63, 3.8) is 0 Å². The second-order valence-electron chi connectivity index (χ2n) is 3.26. The molecule has 0 unspecified atom stereocenters. The molecule has 0 fully saturated rings. The van der Waals surface area contributed by atoms with E-state index in [1.54, 1.807) is 18.3 Å². The number of aromatic amines is 3. The van der Waals surface area contributed by atoms with Crippen molar-refractivity contribution in [3.8, 4) is 11.4 Å². The second-order valence-corrected chi connectivity index (χ2v) is 3.67. The van der Waals surface area contributed by atoms with Crippen LogP contribution in [-0.2, 0) is 0 Å². The predicted molar refractivity (Wildman–Crippen MR) is 59.3 cm³/mol. The van der Waals surface area contributed by atoms with Crippen molar-refractivity contribution in [1.29, 1.82) is 0 Å². The summed E-state index contributed by atoms with van der Waals surface area (Å²) in [5.74, 6) is 0. The Morgan fingerprint density at radius 3 is 2.94 bits per heavy atom. The molecule has 0 aliphatic carbocycles. The predicted octanol–water partition coefficient (Wildman–Crippen LogP) is 1.29. The van der Waals surface area contributed by atoms with Crippen LogP contribution in [0.1, 0.15) is 0 Å². The molecular formula is C9H6ClN5O. The molecule has 16 heavy (non-hydrogen) atoms. The van der Waals surface area contributed by atoms with Gasteiger partial charge < -0.3 is 4.98 Å². The maximum atomic E-state index is 11.1. The van der Waals surface area contributed by atoms with Crippen LogP contribution in [0.15, 0.2) is 23.1 Å². The molecule has 7 heteroatoms. The van der Waals surface area contributed by atoms with Crippen molar-refractivity contribution in [3.05, 3.63) is 33.8 Å². The van der Waals surface area contributed by atoms with Gasteiger partial charge in [-0.25, -0.2) is 9.78 Å². The molecule has 3 rings (SSSR count). The van der Waals surface area contributed by atoms with Gasteiger partial charge in [-0.1, -0.05) is 11.6 Å². The van der Waals surface area contributed by atoms with Crippen LogP contribution in [-0.4, -0.2) is 25.1 Å². The summed E-state index contributed by atoms with van der Waals surface area (Å²) in [7, 11) is 0. The Bertz CT molecular complexity index is 696. The van der Waals surface area contributed by atoms with Gasteiger partial charge in [0.15, 0.2) is 5.65 Å². The number of H-pyrrole nitrogens is 3. The number of nitrogens with one attached hydrogen (secondary N) is 3. The molecule has 3 N–H and O–H groups in total. The Balaban J connectivity index is 2.33. The smallest absolute Gasteiger partial charge is 0.304 e. The summed E-state index contributed by atoms with van der Waals surface area (Å²) in [5.41, 5.74) is 2.01. The minimum atomic E-state index is -0.305. The molecule has 3 aromatic rings. The molecular weight excluding hydrogens is 230 g/mol. The van der Waals surface area contributed by atoms with Crippen molar-refractivity contribution in [2.24, 2.45) is 0 Å². The number of rotatable bonds is 1. The summed E-state index contributed by atoms with van der Waals surface area (Å²) in [6.45, 7) is 0. The van der Waals surface area contributed by atoms with Gasteiger partial charge in [-0.15, -0.1) is 0 Å². The zero-order chi connectivity index (χ0) is 11.1. The zero-order valence-corrected chi connectivity index (χ0v) is 8.67. The molecule has 0 atom stereocenters. The summed E-state index contributed by atoms with van der Waals surface area (Å²) in [6, 6.07) is 3.41. The molecule has 3 aromatic heterocycles. The lowest BCUT2D eigenvalue weighted by Crippen LogP contribution is -1.99. The van der Waals surface area contributed by atoms with Crippen LogP contribution in [0, 0.1) is 0 Å². The van der Waals surface area contributed by atoms with Crippen LogP contribution in [0.3, 0.4) is 0 Å². The number of imidazole rings is 1. The summed E-state index contributed by atoms with van der Waals surface area (Å²) in [4.78, 5) is 20.5. The first-order chi connectivity index (χ1) is 7.74. The first-order valence-corrected chi connectivity index (χ1v) is 4.90. The Labute approximate surface area is 93.7 Å². The first-order valence-electron chi connectivity index (χ1n) is 4.52. The van der Waals surface area contributed by atoms with Gasteiger partial charge in [0, 0.05) is 6.20 Å². The van der Waals surface area contributed by atoms with Gasteiger partial charge in [0.05, 0.1) is 16.2 Å². The molecule has 0 amide bonds. The van der Waals surface area contributed by atoms with E-state index in [0.717, 1.165) is 0 Å². The van der Waals surface area contributed by atoms with Crippen LogP contribution in [0.5, 0.6) is 0 Å². The minimum Gasteiger partial charge on any atom is -0.304 e. The van der Waals surface area contributed by atoms with E-state index in [-0.39, 0.29) is 5.69 Å². The van der Waals surface area contributed by atoms with Crippen LogP contribution in [0.2, 0.25) is 5.02 Å². The third-order valence-corrected chi connectivity index (χ3v) is 2.50. The summed E-state index contributed by atoms with van der Waals surface area (Å²) >= 11 is 6.06. The molecule has 0 saturated heterocycles. The molecule has 0 aliphatic heterocycles. The van der Waals surface area contributed by atoms with Gasteiger partial charge >= 0.3 is 5.69 Å². The lowest BCUT2D eigenvalue weighted by Gasteiger charge is -1.99. The molecule has 0 bridgehead atoms. The fraction of sp³-hybridized carbons (Fsp3) is 0. The van der Waals surface area contributed by atoms with Crippen molar-refractivity contribution in [2.45, 2.75) is 0 Å². The summed E-state index contributed by atoms with van der Waals surface area (Å²) in [5, 5.41) is 7.04. The first kappa shape index (κ1) is 9.17. The number of aromatic nitrogens is 5. The van der Waals surface area contributed by atoms with Crippen LogP contribution in [0.4, 0.5) is 0 Å². The average molecular weight is 236 g/mol. The Morgan fingerprint density at radius 2 is 2.19 bits per heavy atom. The average Bonchev–Trinajstić information content (AvgIpc) is 2.83. The lowest BCUT2D eigenvalue weighted by atomic mass is 10.2. The largest absolute Gasteiger partial charge is 0.325 e. The third-order valence-electron chi connectivity index (χ3n) is 2.21. The molecule has 0 aromatic carbocycles. The van der Waals surface area contributed by atoms with Crippen molar-refractivity contribution in [2.75, 3.05) is 0 Å². The van der Waals surface area contributed by atoms with Gasteiger partial charge in [0.1, 0.15) is 5.69 Å². The molecule has 0 spiro atoms. The topological polar surface area (TPSA) is 90.2 Å². The normalized spacial score (nSPS) is 11.1. The Morgan fingerprint density at radius 1 is 1.31 bits per heavy atom. The highest BCUT2D eigenvalue weighted by atomic mass is 35.5. The fourth-order valence-corrected chi connectivity index (χ4v) is 1.77. The highest BCUT2D eigenvalue weighted by Crippen LogP contribution is 2.25. The van der Waals surface area contributed by atoms with Gasteiger partial charge in [0.25, 0.3) is 0 Å². The van der Waals surface area contributed by atoms with E-state index in [0.29, 0.717) is 27.6 Å². The second kappa shape index (κ2) is 3.21. The number of hydrogen-bond acceptors (Lipinski definition) is 3. The van der Waals surface area contributed by atoms with E-state index in [4.69, 9.17) is 11.6 Å². The Kier molecular flexibility index (Phi) is 1.84. The third kappa shape index (κ3) is 1.31. The molecule has 0 radical (unpaired) electrons. The number of pyridine rings is 1. The summed E-state index contributed by atoms with van der Waals surface area (Å²) in [6.07, 6.45) is 1.61. The number of hydrogen-bond donors (Lipinski definition) is 3. The standard InChI is InChI=1S/C9H6ClN5O/c10-4-3-6-8(14-9(16)12-6)13-7(4)5-1-2-11-15-5/h1-3H,(H,11,15)(H2,12,13,14,16). The highest BCUT2D eigenvalue weighted by Gasteiger charge is 2.10. The highest BCUT2D eigenvalue weighted by molar-refractivity contribution is 6.33. The maximum absolute atomic E-state index is 11.1. The quantitative estimate of drug-likeness (QED) is 0.594. The van der Waals surface area contributed by atoms with E-state index in [2.05, 4.69) is 25.1 Å². The number of fused-ring (bicyclic) bond motifs is 1. The van der Waals surface area contributed by atoms with Crippen molar-refractivity contribution in [1.82, 2.24) is 25.1 Å². The molecule has 6 nitrogen and oxygen atoms in total. The van der Waals surface area contributed by atoms with Crippen LogP contribution in [0.25, 0.3) is 22.6 Å². The number of nitrogens with zero attached hydrogens (tertiary/aromatic N) is 2. The monoisotopic (exact) mass is 235 g/mol. The molecule has 0 aliphatic rings. The van der Waals surface area contributed by atoms with E-state index in [1.807, 2.05) is 0 Å². The molecule has 3 heterocycles. The SMILES string of the molecule is O=c1[nH]c2cc(Cl)c(-c3ccn[nH]3)nc2[nH]1. The van der Waals surface area contributed by atoms with Crippen LogP contribution >= 0.6 is 11.6 Å². The van der Waals surface area contributed by atoms with Gasteiger partial charge in [0.2, 0.25) is 0 Å².